The van der Waals surface area contributed by atoms with Gasteiger partial charge in [0.25, 0.3) is 0 Å². The van der Waals surface area contributed by atoms with E-state index in [1.54, 1.807) is 9.80 Å². The van der Waals surface area contributed by atoms with Crippen LogP contribution >= 0.6 is 0 Å². The number of alkyl halides is 3. The maximum atomic E-state index is 13.2. The predicted octanol–water partition coefficient (Wildman–Crippen LogP) is 3.97. The number of anilines is 1. The molecule has 3 rings (SSSR count). The van der Waals surface area contributed by atoms with E-state index in [4.69, 9.17) is 0 Å². The number of carbonyl (C=O) groups is 1. The quantitative estimate of drug-likeness (QED) is 0.809. The van der Waals surface area contributed by atoms with E-state index >= 15 is 0 Å². The summed E-state index contributed by atoms with van der Waals surface area (Å²) < 4.78 is 39.5. The molecule has 2 heterocycles. The second-order valence-corrected chi connectivity index (χ2v) is 7.57. The number of hydrogen-bond acceptors (Lipinski definition) is 3. The van der Waals surface area contributed by atoms with Gasteiger partial charge in [0.1, 0.15) is 5.82 Å². The first-order valence-electron chi connectivity index (χ1n) is 9.39. The van der Waals surface area contributed by atoms with E-state index in [9.17, 15) is 18.0 Å². The summed E-state index contributed by atoms with van der Waals surface area (Å²) in [7, 11) is 0. The number of hydrogen-bond donors (Lipinski definition) is 0. The van der Waals surface area contributed by atoms with Gasteiger partial charge in [-0.25, -0.2) is 4.98 Å². The molecule has 0 bridgehead atoms. The monoisotopic (exact) mass is 369 g/mol. The fraction of sp³-hybridized carbons (Fsp3) is 0.684. The molecule has 1 aromatic heterocycles. The van der Waals surface area contributed by atoms with Crippen molar-refractivity contribution >= 4 is 11.7 Å². The van der Waals surface area contributed by atoms with E-state index in [2.05, 4.69) is 11.9 Å². The summed E-state index contributed by atoms with van der Waals surface area (Å²) in [6.07, 6.45) is 2.12. The largest absolute Gasteiger partial charge is 0.419 e. The number of aromatic nitrogens is 1. The lowest BCUT2D eigenvalue weighted by molar-refractivity contribution is -0.137. The highest BCUT2D eigenvalue weighted by molar-refractivity contribution is 5.76. The Bertz CT molecular complexity index is 619. The van der Waals surface area contributed by atoms with Crippen LogP contribution in [0.25, 0.3) is 0 Å². The van der Waals surface area contributed by atoms with Crippen molar-refractivity contribution in [3.63, 3.8) is 0 Å². The van der Waals surface area contributed by atoms with E-state index in [1.165, 1.54) is 25.1 Å². The lowest BCUT2D eigenvalue weighted by Crippen LogP contribution is -2.49. The molecule has 4 nitrogen and oxygen atoms in total. The van der Waals surface area contributed by atoms with E-state index in [0.29, 0.717) is 38.5 Å². The van der Waals surface area contributed by atoms with Gasteiger partial charge in [0.2, 0.25) is 5.91 Å². The number of carbonyl (C=O) groups excluding carboxylic acids is 1. The van der Waals surface area contributed by atoms with Gasteiger partial charge in [-0.3, -0.25) is 4.79 Å². The summed E-state index contributed by atoms with van der Waals surface area (Å²) in [5, 5.41) is 0. The predicted molar refractivity (Wildman–Crippen MR) is 93.8 cm³/mol. The van der Waals surface area contributed by atoms with Crippen LogP contribution in [0.15, 0.2) is 18.3 Å². The highest BCUT2D eigenvalue weighted by Crippen LogP contribution is 2.35. The van der Waals surface area contributed by atoms with Crippen LogP contribution in [0.2, 0.25) is 0 Å². The van der Waals surface area contributed by atoms with Crippen molar-refractivity contribution in [2.24, 2.45) is 11.8 Å². The van der Waals surface area contributed by atoms with Crippen molar-refractivity contribution in [2.45, 2.75) is 45.2 Å². The average Bonchev–Trinajstić information content (AvgIpc) is 2.63. The average molecular weight is 369 g/mol. The van der Waals surface area contributed by atoms with Gasteiger partial charge < -0.3 is 9.80 Å². The summed E-state index contributed by atoms with van der Waals surface area (Å²) in [6, 6.07) is 2.36. The van der Waals surface area contributed by atoms with Crippen molar-refractivity contribution in [1.29, 1.82) is 0 Å². The number of nitrogens with zero attached hydrogens (tertiary/aromatic N) is 3. The summed E-state index contributed by atoms with van der Waals surface area (Å²) in [4.78, 5) is 19.9. The van der Waals surface area contributed by atoms with Crippen LogP contribution < -0.4 is 4.90 Å². The lowest BCUT2D eigenvalue weighted by atomic mass is 9.81. The van der Waals surface area contributed by atoms with E-state index in [1.807, 2.05) is 0 Å². The topological polar surface area (TPSA) is 36.4 Å². The molecule has 1 saturated carbocycles. The van der Waals surface area contributed by atoms with Crippen LogP contribution in [0.3, 0.4) is 0 Å². The van der Waals surface area contributed by atoms with Crippen LogP contribution in [0.4, 0.5) is 19.0 Å². The molecule has 2 fully saturated rings. The van der Waals surface area contributed by atoms with Gasteiger partial charge in [0, 0.05) is 38.8 Å². The molecule has 0 spiro atoms. The SMILES string of the molecule is CC1CCC(CC(=O)N2CCN(c3ncccc3C(F)(F)F)CC2)CC1. The third-order valence-corrected chi connectivity index (χ3v) is 5.62. The smallest absolute Gasteiger partial charge is 0.353 e. The molecule has 2 aliphatic rings. The lowest BCUT2D eigenvalue weighted by Gasteiger charge is -2.37. The van der Waals surface area contributed by atoms with Crippen LogP contribution in [0.5, 0.6) is 0 Å². The normalized spacial score (nSPS) is 24.6. The molecule has 1 amide bonds. The number of amides is 1. The van der Waals surface area contributed by atoms with Crippen molar-refractivity contribution in [3.8, 4) is 0 Å². The van der Waals surface area contributed by atoms with Crippen molar-refractivity contribution in [2.75, 3.05) is 31.1 Å². The molecule has 144 valence electrons. The Balaban J connectivity index is 1.55. The fourth-order valence-electron chi connectivity index (χ4n) is 3.95. The van der Waals surface area contributed by atoms with Crippen LogP contribution in [-0.4, -0.2) is 42.0 Å². The Morgan fingerprint density at radius 2 is 1.81 bits per heavy atom. The van der Waals surface area contributed by atoms with Crippen LogP contribution in [0.1, 0.15) is 44.6 Å². The third-order valence-electron chi connectivity index (χ3n) is 5.62. The highest BCUT2D eigenvalue weighted by atomic mass is 19.4. The highest BCUT2D eigenvalue weighted by Gasteiger charge is 2.36. The number of piperazine rings is 1. The minimum absolute atomic E-state index is 0.0339. The molecule has 1 aliphatic carbocycles. The molecule has 1 saturated heterocycles. The summed E-state index contributed by atoms with van der Waals surface area (Å²) in [5.41, 5.74) is -0.712. The zero-order valence-corrected chi connectivity index (χ0v) is 15.1. The van der Waals surface area contributed by atoms with Crippen LogP contribution in [-0.2, 0) is 11.0 Å². The minimum Gasteiger partial charge on any atom is -0.353 e. The van der Waals surface area contributed by atoms with Gasteiger partial charge in [0.15, 0.2) is 0 Å². The zero-order chi connectivity index (χ0) is 18.7. The number of pyridine rings is 1. The van der Waals surface area contributed by atoms with E-state index in [0.717, 1.165) is 24.8 Å². The second kappa shape index (κ2) is 7.84. The Morgan fingerprint density at radius 3 is 2.42 bits per heavy atom. The summed E-state index contributed by atoms with van der Waals surface area (Å²) in [5.74, 6) is 1.32. The van der Waals surface area contributed by atoms with Crippen molar-refractivity contribution in [3.05, 3.63) is 23.9 Å². The van der Waals surface area contributed by atoms with Gasteiger partial charge in [-0.1, -0.05) is 19.8 Å². The van der Waals surface area contributed by atoms with Gasteiger partial charge in [-0.05, 0) is 36.8 Å². The zero-order valence-electron chi connectivity index (χ0n) is 15.1. The van der Waals surface area contributed by atoms with Gasteiger partial charge in [-0.15, -0.1) is 0 Å². The Kier molecular flexibility index (Phi) is 5.73. The van der Waals surface area contributed by atoms with Crippen LogP contribution in [0, 0.1) is 11.8 Å². The maximum Gasteiger partial charge on any atom is 0.419 e. The molecule has 7 heteroatoms. The Morgan fingerprint density at radius 1 is 1.15 bits per heavy atom. The molecule has 0 N–H and O–H groups in total. The first-order valence-corrected chi connectivity index (χ1v) is 9.39. The molecular weight excluding hydrogens is 343 g/mol. The van der Waals surface area contributed by atoms with Gasteiger partial charge in [0.05, 0.1) is 5.56 Å². The summed E-state index contributed by atoms with van der Waals surface area (Å²) in [6.45, 7) is 3.93. The number of rotatable bonds is 3. The number of halogens is 3. The molecule has 0 radical (unpaired) electrons. The standard InChI is InChI=1S/C19H26F3N3O/c1-14-4-6-15(7-5-14)13-17(26)24-9-11-25(12-10-24)18-16(19(20,21)22)3-2-8-23-18/h2-3,8,14-15H,4-7,9-13H2,1H3. The molecule has 0 aromatic carbocycles. The molecule has 1 aliphatic heterocycles. The maximum absolute atomic E-state index is 13.2. The molecule has 26 heavy (non-hydrogen) atoms. The fourth-order valence-corrected chi connectivity index (χ4v) is 3.95. The van der Waals surface area contributed by atoms with Gasteiger partial charge in [-0.2, -0.15) is 13.2 Å². The van der Waals surface area contributed by atoms with Gasteiger partial charge >= 0.3 is 6.18 Å². The van der Waals surface area contributed by atoms with Crippen molar-refractivity contribution in [1.82, 2.24) is 9.88 Å². The first-order chi connectivity index (χ1) is 12.3. The summed E-state index contributed by atoms with van der Waals surface area (Å²) >= 11 is 0. The Hall–Kier alpha value is -1.79. The van der Waals surface area contributed by atoms with E-state index < -0.39 is 11.7 Å². The molecular formula is C19H26F3N3O. The molecule has 1 aromatic rings. The first kappa shape index (κ1) is 19.0. The second-order valence-electron chi connectivity index (χ2n) is 7.57. The van der Waals surface area contributed by atoms with Crippen molar-refractivity contribution < 1.29 is 18.0 Å². The van der Waals surface area contributed by atoms with E-state index in [-0.39, 0.29) is 11.7 Å². The Labute approximate surface area is 152 Å². The molecule has 0 atom stereocenters. The molecule has 0 unspecified atom stereocenters. The third kappa shape index (κ3) is 4.48. The minimum atomic E-state index is -4.42.